The van der Waals surface area contributed by atoms with Crippen molar-refractivity contribution in [2.45, 2.75) is 20.0 Å². The molecule has 29 heavy (non-hydrogen) atoms. The molecule has 2 heterocycles. The molecule has 0 atom stereocenters. The summed E-state index contributed by atoms with van der Waals surface area (Å²) in [6, 6.07) is 12.0. The summed E-state index contributed by atoms with van der Waals surface area (Å²) in [6.45, 7) is 7.25. The first-order chi connectivity index (χ1) is 14.1. The van der Waals surface area contributed by atoms with Crippen LogP contribution in [0.5, 0.6) is 0 Å². The Morgan fingerprint density at radius 2 is 1.83 bits per heavy atom. The highest BCUT2D eigenvalue weighted by molar-refractivity contribution is 5.91. The minimum Gasteiger partial charge on any atom is -0.459 e. The number of carbonyl (C=O) groups excluding carboxylic acids is 1. The van der Waals surface area contributed by atoms with E-state index in [2.05, 4.69) is 60.4 Å². The minimum atomic E-state index is -0.0469. The number of carbonyl (C=O) groups is 1. The molecule has 0 saturated carbocycles. The molecule has 1 saturated heterocycles. The highest BCUT2D eigenvalue weighted by atomic mass is 16.3. The number of nitrogens with one attached hydrogen (secondary N) is 1. The van der Waals surface area contributed by atoms with Gasteiger partial charge in [-0.1, -0.05) is 24.3 Å². The van der Waals surface area contributed by atoms with Gasteiger partial charge in [-0.25, -0.2) is 4.99 Å². The zero-order chi connectivity index (χ0) is 20.6. The van der Waals surface area contributed by atoms with Gasteiger partial charge in [0.2, 0.25) is 0 Å². The summed E-state index contributed by atoms with van der Waals surface area (Å²) in [5, 5.41) is 3.39. The maximum absolute atomic E-state index is 12.4. The highest BCUT2D eigenvalue weighted by Crippen LogP contribution is 2.11. The molecule has 0 unspecified atom stereocenters. The lowest BCUT2D eigenvalue weighted by Crippen LogP contribution is -2.53. The summed E-state index contributed by atoms with van der Waals surface area (Å²) in [5.74, 6) is 1.25. The first-order valence-electron chi connectivity index (χ1n) is 10.2. The van der Waals surface area contributed by atoms with Crippen LogP contribution in [0.2, 0.25) is 0 Å². The molecule has 1 aliphatic heterocycles. The lowest BCUT2D eigenvalue weighted by Gasteiger charge is -2.36. The van der Waals surface area contributed by atoms with Gasteiger partial charge in [0.1, 0.15) is 0 Å². The fourth-order valence-electron chi connectivity index (χ4n) is 3.46. The van der Waals surface area contributed by atoms with Crippen LogP contribution in [-0.4, -0.2) is 73.4 Å². The van der Waals surface area contributed by atoms with Gasteiger partial charge in [-0.3, -0.25) is 4.79 Å². The molecule has 1 fully saturated rings. The lowest BCUT2D eigenvalue weighted by molar-refractivity contribution is 0.0657. The molecule has 7 heteroatoms. The molecule has 0 radical (unpaired) electrons. The standard InChI is InChI=1S/C22H31N5O2/c1-4-23-22(24-16-18-7-5-8-19(15-18)17-25(2)3)27-12-10-26(11-13-27)21(28)20-9-6-14-29-20/h5-9,14-15H,4,10-13,16-17H2,1-3H3,(H,23,24). The first-order valence-corrected chi connectivity index (χ1v) is 10.2. The summed E-state index contributed by atoms with van der Waals surface area (Å²) >= 11 is 0. The predicted molar refractivity (Wildman–Crippen MR) is 115 cm³/mol. The van der Waals surface area contributed by atoms with E-state index in [1.54, 1.807) is 12.1 Å². The molecule has 3 rings (SSSR count). The van der Waals surface area contributed by atoms with E-state index in [0.717, 1.165) is 32.1 Å². The first kappa shape index (κ1) is 20.9. The third kappa shape index (κ3) is 5.84. The van der Waals surface area contributed by atoms with Crippen molar-refractivity contribution in [3.63, 3.8) is 0 Å². The van der Waals surface area contributed by atoms with E-state index < -0.39 is 0 Å². The van der Waals surface area contributed by atoms with Gasteiger partial charge in [-0.15, -0.1) is 0 Å². The fourth-order valence-corrected chi connectivity index (χ4v) is 3.46. The van der Waals surface area contributed by atoms with E-state index >= 15 is 0 Å². The fraction of sp³-hybridized carbons (Fsp3) is 0.455. The lowest BCUT2D eigenvalue weighted by atomic mass is 10.1. The molecule has 1 N–H and O–H groups in total. The van der Waals surface area contributed by atoms with Crippen LogP contribution in [-0.2, 0) is 13.1 Å². The Balaban J connectivity index is 1.60. The van der Waals surface area contributed by atoms with Gasteiger partial charge in [0.15, 0.2) is 11.7 Å². The van der Waals surface area contributed by atoms with Crippen LogP contribution in [0.3, 0.4) is 0 Å². The van der Waals surface area contributed by atoms with Gasteiger partial charge in [-0.2, -0.15) is 0 Å². The molecule has 0 spiro atoms. The van der Waals surface area contributed by atoms with Crippen molar-refractivity contribution in [2.75, 3.05) is 46.8 Å². The van der Waals surface area contributed by atoms with Crippen molar-refractivity contribution in [3.8, 4) is 0 Å². The molecule has 0 bridgehead atoms. The van der Waals surface area contributed by atoms with Crippen molar-refractivity contribution < 1.29 is 9.21 Å². The molecule has 0 aliphatic carbocycles. The number of nitrogens with zero attached hydrogens (tertiary/aromatic N) is 4. The van der Waals surface area contributed by atoms with Gasteiger partial charge in [0.25, 0.3) is 5.91 Å². The van der Waals surface area contributed by atoms with E-state index in [9.17, 15) is 4.79 Å². The van der Waals surface area contributed by atoms with Crippen molar-refractivity contribution in [1.29, 1.82) is 0 Å². The second kappa shape index (κ2) is 10.1. The molecule has 1 amide bonds. The molecule has 156 valence electrons. The molecular weight excluding hydrogens is 366 g/mol. The smallest absolute Gasteiger partial charge is 0.289 e. The Labute approximate surface area is 173 Å². The van der Waals surface area contributed by atoms with Crippen molar-refractivity contribution in [2.24, 2.45) is 4.99 Å². The Hall–Kier alpha value is -2.80. The zero-order valence-corrected chi connectivity index (χ0v) is 17.6. The van der Waals surface area contributed by atoms with Crippen LogP contribution in [0.1, 0.15) is 28.6 Å². The number of hydrogen-bond acceptors (Lipinski definition) is 4. The molecule has 1 aliphatic rings. The average Bonchev–Trinajstić information content (AvgIpc) is 3.25. The molecule has 1 aromatic carbocycles. The summed E-state index contributed by atoms with van der Waals surface area (Å²) in [5.41, 5.74) is 2.49. The highest BCUT2D eigenvalue weighted by Gasteiger charge is 2.25. The van der Waals surface area contributed by atoms with Crippen LogP contribution in [0.4, 0.5) is 0 Å². The zero-order valence-electron chi connectivity index (χ0n) is 17.6. The van der Waals surface area contributed by atoms with Crippen LogP contribution < -0.4 is 5.32 Å². The normalized spacial score (nSPS) is 15.1. The number of aliphatic imine (C=N–C) groups is 1. The number of hydrogen-bond donors (Lipinski definition) is 1. The summed E-state index contributed by atoms with van der Waals surface area (Å²) in [7, 11) is 4.15. The minimum absolute atomic E-state index is 0.0469. The van der Waals surface area contributed by atoms with Crippen LogP contribution in [0.15, 0.2) is 52.1 Å². The van der Waals surface area contributed by atoms with Gasteiger partial charge in [-0.05, 0) is 44.3 Å². The van der Waals surface area contributed by atoms with E-state index in [0.29, 0.717) is 25.4 Å². The predicted octanol–water partition coefficient (Wildman–Crippen LogP) is 2.26. The van der Waals surface area contributed by atoms with Gasteiger partial charge < -0.3 is 24.4 Å². The van der Waals surface area contributed by atoms with Crippen molar-refractivity contribution in [1.82, 2.24) is 20.0 Å². The summed E-state index contributed by atoms with van der Waals surface area (Å²) < 4.78 is 5.24. The topological polar surface area (TPSA) is 64.3 Å². The summed E-state index contributed by atoms with van der Waals surface area (Å²) in [6.07, 6.45) is 1.53. The third-order valence-corrected chi connectivity index (χ3v) is 4.83. The number of furan rings is 1. The summed E-state index contributed by atoms with van der Waals surface area (Å²) in [4.78, 5) is 23.5. The Morgan fingerprint density at radius 1 is 1.10 bits per heavy atom. The number of guanidine groups is 1. The largest absolute Gasteiger partial charge is 0.459 e. The number of amides is 1. The Bertz CT molecular complexity index is 808. The van der Waals surface area contributed by atoms with Crippen LogP contribution in [0, 0.1) is 0 Å². The van der Waals surface area contributed by atoms with E-state index in [1.165, 1.54) is 17.4 Å². The number of rotatable bonds is 6. The monoisotopic (exact) mass is 397 g/mol. The van der Waals surface area contributed by atoms with Crippen molar-refractivity contribution in [3.05, 3.63) is 59.5 Å². The number of piperazine rings is 1. The number of benzene rings is 1. The third-order valence-electron chi connectivity index (χ3n) is 4.83. The van der Waals surface area contributed by atoms with E-state index in [4.69, 9.17) is 9.41 Å². The van der Waals surface area contributed by atoms with Crippen molar-refractivity contribution >= 4 is 11.9 Å². The quantitative estimate of drug-likeness (QED) is 0.598. The SMILES string of the molecule is CCNC(=NCc1cccc(CN(C)C)c1)N1CCN(C(=O)c2ccco2)CC1. The maximum Gasteiger partial charge on any atom is 0.289 e. The van der Waals surface area contributed by atoms with E-state index in [1.807, 2.05) is 4.90 Å². The van der Waals surface area contributed by atoms with Gasteiger partial charge >= 0.3 is 0 Å². The van der Waals surface area contributed by atoms with Crippen LogP contribution in [0.25, 0.3) is 0 Å². The maximum atomic E-state index is 12.4. The second-order valence-corrected chi connectivity index (χ2v) is 7.48. The average molecular weight is 398 g/mol. The Kier molecular flexibility index (Phi) is 7.30. The molecular formula is C22H31N5O2. The Morgan fingerprint density at radius 3 is 2.48 bits per heavy atom. The van der Waals surface area contributed by atoms with Gasteiger partial charge in [0, 0.05) is 39.3 Å². The van der Waals surface area contributed by atoms with Gasteiger partial charge in [0.05, 0.1) is 12.8 Å². The molecule has 7 nitrogen and oxygen atoms in total. The second-order valence-electron chi connectivity index (χ2n) is 7.48. The molecule has 2 aromatic rings. The molecule has 1 aromatic heterocycles. The van der Waals surface area contributed by atoms with E-state index in [-0.39, 0.29) is 5.91 Å². The van der Waals surface area contributed by atoms with Crippen LogP contribution >= 0.6 is 0 Å².